The summed E-state index contributed by atoms with van der Waals surface area (Å²) in [5.41, 5.74) is 0.458. The van der Waals surface area contributed by atoms with Gasteiger partial charge in [0.1, 0.15) is 5.01 Å². The van der Waals surface area contributed by atoms with Gasteiger partial charge < -0.3 is 5.32 Å². The fourth-order valence-electron chi connectivity index (χ4n) is 1.36. The number of hydrogen-bond donors (Lipinski definition) is 1. The summed E-state index contributed by atoms with van der Waals surface area (Å²) in [4.78, 5) is 5.25. The SMILES string of the molecule is CNCc1cnc(-c2cccc(Cl)c2F)s1. The molecule has 2 aromatic rings. The van der Waals surface area contributed by atoms with Crippen molar-refractivity contribution in [3.8, 4) is 10.6 Å². The average Bonchev–Trinajstić information content (AvgIpc) is 2.71. The van der Waals surface area contributed by atoms with E-state index >= 15 is 0 Å². The van der Waals surface area contributed by atoms with Crippen LogP contribution in [-0.2, 0) is 6.54 Å². The molecular weight excluding hydrogens is 247 g/mol. The smallest absolute Gasteiger partial charge is 0.152 e. The van der Waals surface area contributed by atoms with Gasteiger partial charge in [0, 0.05) is 23.2 Å². The Bertz CT molecular complexity index is 498. The first-order chi connectivity index (χ1) is 7.72. The highest BCUT2D eigenvalue weighted by Crippen LogP contribution is 2.30. The van der Waals surface area contributed by atoms with Gasteiger partial charge in [-0.1, -0.05) is 17.7 Å². The lowest BCUT2D eigenvalue weighted by Gasteiger charge is -1.99. The number of benzene rings is 1. The number of nitrogens with zero attached hydrogens (tertiary/aromatic N) is 1. The van der Waals surface area contributed by atoms with E-state index in [4.69, 9.17) is 11.6 Å². The van der Waals surface area contributed by atoms with E-state index in [0.29, 0.717) is 10.6 Å². The molecule has 2 nitrogen and oxygen atoms in total. The number of rotatable bonds is 3. The molecule has 0 spiro atoms. The molecule has 1 heterocycles. The molecule has 0 saturated heterocycles. The number of hydrogen-bond acceptors (Lipinski definition) is 3. The minimum absolute atomic E-state index is 0.128. The van der Waals surface area contributed by atoms with Crippen LogP contribution < -0.4 is 5.32 Å². The Labute approximate surface area is 102 Å². The van der Waals surface area contributed by atoms with Gasteiger partial charge in [0.25, 0.3) is 0 Å². The molecule has 0 aliphatic heterocycles. The van der Waals surface area contributed by atoms with E-state index in [2.05, 4.69) is 10.3 Å². The van der Waals surface area contributed by atoms with Gasteiger partial charge in [-0.3, -0.25) is 0 Å². The number of halogens is 2. The first-order valence-corrected chi connectivity index (χ1v) is 5.95. The summed E-state index contributed by atoms with van der Waals surface area (Å²) in [5, 5.41) is 3.81. The van der Waals surface area contributed by atoms with Gasteiger partial charge in [0.2, 0.25) is 0 Å². The lowest BCUT2D eigenvalue weighted by Crippen LogP contribution is -2.02. The minimum Gasteiger partial charge on any atom is -0.315 e. The van der Waals surface area contributed by atoms with E-state index in [1.54, 1.807) is 18.3 Å². The molecule has 0 aliphatic rings. The maximum atomic E-state index is 13.7. The molecule has 0 aliphatic carbocycles. The van der Waals surface area contributed by atoms with Crippen LogP contribution in [0.5, 0.6) is 0 Å². The summed E-state index contributed by atoms with van der Waals surface area (Å²) in [6.45, 7) is 0.736. The molecule has 5 heteroatoms. The Morgan fingerprint density at radius 3 is 3.06 bits per heavy atom. The third kappa shape index (κ3) is 2.24. The van der Waals surface area contributed by atoms with Gasteiger partial charge in [-0.25, -0.2) is 9.37 Å². The number of nitrogens with one attached hydrogen (secondary N) is 1. The summed E-state index contributed by atoms with van der Waals surface area (Å²) in [6.07, 6.45) is 1.75. The van der Waals surface area contributed by atoms with Crippen molar-refractivity contribution in [3.05, 3.63) is 40.1 Å². The number of aromatic nitrogens is 1. The van der Waals surface area contributed by atoms with Crippen molar-refractivity contribution in [2.75, 3.05) is 7.05 Å². The van der Waals surface area contributed by atoms with Gasteiger partial charge in [-0.2, -0.15) is 0 Å². The van der Waals surface area contributed by atoms with Crippen molar-refractivity contribution in [1.82, 2.24) is 10.3 Å². The summed E-state index contributed by atoms with van der Waals surface area (Å²) >= 11 is 7.18. The second kappa shape index (κ2) is 4.91. The van der Waals surface area contributed by atoms with Crippen LogP contribution >= 0.6 is 22.9 Å². The van der Waals surface area contributed by atoms with Crippen molar-refractivity contribution in [2.45, 2.75) is 6.54 Å². The molecule has 0 amide bonds. The van der Waals surface area contributed by atoms with Gasteiger partial charge in [-0.15, -0.1) is 11.3 Å². The molecule has 0 radical (unpaired) electrons. The van der Waals surface area contributed by atoms with Crippen molar-refractivity contribution in [1.29, 1.82) is 0 Å². The van der Waals surface area contributed by atoms with Crippen LogP contribution in [0.25, 0.3) is 10.6 Å². The Kier molecular flexibility index (Phi) is 3.53. The maximum Gasteiger partial charge on any atom is 0.152 e. The highest BCUT2D eigenvalue weighted by molar-refractivity contribution is 7.15. The summed E-state index contributed by atoms with van der Waals surface area (Å²) in [5.74, 6) is -0.408. The van der Waals surface area contributed by atoms with Crippen LogP contribution in [0.3, 0.4) is 0 Å². The van der Waals surface area contributed by atoms with E-state index in [-0.39, 0.29) is 5.02 Å². The summed E-state index contributed by atoms with van der Waals surface area (Å²) < 4.78 is 13.7. The van der Waals surface area contributed by atoms with Crippen molar-refractivity contribution in [2.24, 2.45) is 0 Å². The molecular formula is C11H10ClFN2S. The Balaban J connectivity index is 2.39. The van der Waals surface area contributed by atoms with Crippen molar-refractivity contribution < 1.29 is 4.39 Å². The highest BCUT2D eigenvalue weighted by atomic mass is 35.5. The minimum atomic E-state index is -0.408. The molecule has 0 saturated carbocycles. The molecule has 1 aromatic heterocycles. The molecule has 0 atom stereocenters. The molecule has 2 rings (SSSR count). The standard InChI is InChI=1S/C11H10ClFN2S/c1-14-5-7-6-15-11(16-7)8-3-2-4-9(12)10(8)13/h2-4,6,14H,5H2,1H3. The number of thiazole rings is 1. The summed E-state index contributed by atoms with van der Waals surface area (Å²) in [6, 6.07) is 4.94. The zero-order valence-electron chi connectivity index (χ0n) is 8.63. The topological polar surface area (TPSA) is 24.9 Å². The van der Waals surface area contributed by atoms with E-state index in [9.17, 15) is 4.39 Å². The second-order valence-electron chi connectivity index (χ2n) is 3.26. The van der Waals surface area contributed by atoms with Crippen LogP contribution in [0.1, 0.15) is 4.88 Å². The molecule has 0 fully saturated rings. The predicted molar refractivity (Wildman–Crippen MR) is 65.3 cm³/mol. The van der Waals surface area contributed by atoms with E-state index in [1.165, 1.54) is 17.4 Å². The maximum absolute atomic E-state index is 13.7. The molecule has 1 aromatic carbocycles. The molecule has 16 heavy (non-hydrogen) atoms. The van der Waals surface area contributed by atoms with Gasteiger partial charge >= 0.3 is 0 Å². The van der Waals surface area contributed by atoms with Crippen LogP contribution in [-0.4, -0.2) is 12.0 Å². The predicted octanol–water partition coefficient (Wildman–Crippen LogP) is 3.32. The molecule has 0 unspecified atom stereocenters. The second-order valence-corrected chi connectivity index (χ2v) is 4.79. The van der Waals surface area contributed by atoms with Crippen LogP contribution in [0.4, 0.5) is 4.39 Å². The molecule has 84 valence electrons. The zero-order valence-corrected chi connectivity index (χ0v) is 10.2. The lowest BCUT2D eigenvalue weighted by atomic mass is 10.2. The normalized spacial score (nSPS) is 10.7. The zero-order chi connectivity index (χ0) is 11.5. The largest absolute Gasteiger partial charge is 0.315 e. The molecule has 1 N–H and O–H groups in total. The Morgan fingerprint density at radius 1 is 1.50 bits per heavy atom. The first kappa shape index (κ1) is 11.5. The molecule has 0 bridgehead atoms. The first-order valence-electron chi connectivity index (χ1n) is 4.76. The Morgan fingerprint density at radius 2 is 2.31 bits per heavy atom. The highest BCUT2D eigenvalue weighted by Gasteiger charge is 2.11. The van der Waals surface area contributed by atoms with Gasteiger partial charge in [0.05, 0.1) is 5.02 Å². The summed E-state index contributed by atoms with van der Waals surface area (Å²) in [7, 11) is 1.86. The monoisotopic (exact) mass is 256 g/mol. The average molecular weight is 257 g/mol. The lowest BCUT2D eigenvalue weighted by molar-refractivity contribution is 0.631. The third-order valence-electron chi connectivity index (χ3n) is 2.09. The fraction of sp³-hybridized carbons (Fsp3) is 0.182. The third-order valence-corrected chi connectivity index (χ3v) is 3.41. The van der Waals surface area contributed by atoms with Crippen LogP contribution in [0.2, 0.25) is 5.02 Å². The quantitative estimate of drug-likeness (QED) is 0.911. The Hall–Kier alpha value is -0.970. The van der Waals surface area contributed by atoms with Crippen LogP contribution in [0, 0.1) is 5.82 Å². The van der Waals surface area contributed by atoms with E-state index in [1.807, 2.05) is 7.05 Å². The van der Waals surface area contributed by atoms with Crippen LogP contribution in [0.15, 0.2) is 24.4 Å². The van der Waals surface area contributed by atoms with E-state index < -0.39 is 5.82 Å². The van der Waals surface area contributed by atoms with Crippen molar-refractivity contribution >= 4 is 22.9 Å². The van der Waals surface area contributed by atoms with E-state index in [0.717, 1.165) is 11.4 Å². The van der Waals surface area contributed by atoms with Gasteiger partial charge in [0.15, 0.2) is 5.82 Å². The fourth-order valence-corrected chi connectivity index (χ4v) is 2.47. The van der Waals surface area contributed by atoms with Crippen molar-refractivity contribution in [3.63, 3.8) is 0 Å². The van der Waals surface area contributed by atoms with Gasteiger partial charge in [-0.05, 0) is 19.2 Å².